The van der Waals surface area contributed by atoms with Gasteiger partial charge in [0.05, 0.1) is 5.92 Å². The number of fused-ring (bicyclic) bond motifs is 1. The van der Waals surface area contributed by atoms with Crippen molar-refractivity contribution in [1.29, 1.82) is 0 Å². The summed E-state index contributed by atoms with van der Waals surface area (Å²) in [7, 11) is 0. The summed E-state index contributed by atoms with van der Waals surface area (Å²) in [5.41, 5.74) is -0.248. The van der Waals surface area contributed by atoms with Crippen LogP contribution in [-0.2, 0) is 9.59 Å². The Bertz CT molecular complexity index is 1010. The first kappa shape index (κ1) is 19.8. The van der Waals surface area contributed by atoms with Crippen LogP contribution in [0.2, 0.25) is 0 Å². The number of halogens is 2. The number of carbonyl (C=O) groups is 2. The fraction of sp³-hybridized carbons (Fsp3) is 0.478. The number of Topliss-reactive ketones (excluding diaryl/α,β-unsaturated/α-hetero) is 2. The van der Waals surface area contributed by atoms with E-state index in [0.29, 0.717) is 6.42 Å². The number of carbonyl (C=O) groups excluding carboxylic acids is 2. The van der Waals surface area contributed by atoms with Crippen molar-refractivity contribution in [3.8, 4) is 5.75 Å². The summed E-state index contributed by atoms with van der Waals surface area (Å²) in [6.07, 6.45) is 1.07. The third-order valence-corrected chi connectivity index (χ3v) is 5.97. The molecule has 0 fully saturated rings. The maximum Gasteiger partial charge on any atom is 0.201 e. The van der Waals surface area contributed by atoms with Crippen LogP contribution in [-0.4, -0.2) is 16.7 Å². The summed E-state index contributed by atoms with van der Waals surface area (Å²) < 4.78 is 34.3. The number of ketones is 2. The van der Waals surface area contributed by atoms with E-state index in [4.69, 9.17) is 4.74 Å². The largest absolute Gasteiger partial charge is 0.512 e. The molecule has 1 aromatic rings. The van der Waals surface area contributed by atoms with Crippen molar-refractivity contribution in [1.82, 2.24) is 0 Å². The summed E-state index contributed by atoms with van der Waals surface area (Å²) in [6.45, 7) is 7.55. The molecular formula is C23H24F2O4. The van der Waals surface area contributed by atoms with Crippen LogP contribution < -0.4 is 4.74 Å². The molecule has 1 unspecified atom stereocenters. The zero-order valence-corrected chi connectivity index (χ0v) is 17.0. The quantitative estimate of drug-likeness (QED) is 0.694. The summed E-state index contributed by atoms with van der Waals surface area (Å²) in [5.74, 6) is -3.81. The summed E-state index contributed by atoms with van der Waals surface area (Å²) >= 11 is 0. The van der Waals surface area contributed by atoms with Gasteiger partial charge in [-0.2, -0.15) is 4.39 Å². The highest BCUT2D eigenvalue weighted by molar-refractivity contribution is 6.06. The van der Waals surface area contributed by atoms with E-state index in [9.17, 15) is 23.5 Å². The second kappa shape index (κ2) is 6.25. The number of hydrogen-bond acceptors (Lipinski definition) is 4. The lowest BCUT2D eigenvalue weighted by atomic mass is 9.66. The Morgan fingerprint density at radius 1 is 0.931 bits per heavy atom. The molecule has 1 N–H and O–H groups in total. The van der Waals surface area contributed by atoms with Gasteiger partial charge in [-0.25, -0.2) is 4.39 Å². The molecule has 0 bridgehead atoms. The molecule has 1 atom stereocenters. The lowest BCUT2D eigenvalue weighted by molar-refractivity contribution is -0.119. The highest BCUT2D eigenvalue weighted by Crippen LogP contribution is 2.53. The third kappa shape index (κ3) is 3.18. The molecule has 29 heavy (non-hydrogen) atoms. The van der Waals surface area contributed by atoms with Crippen LogP contribution in [0.3, 0.4) is 0 Å². The van der Waals surface area contributed by atoms with Gasteiger partial charge in [0.1, 0.15) is 11.5 Å². The predicted molar refractivity (Wildman–Crippen MR) is 102 cm³/mol. The van der Waals surface area contributed by atoms with Crippen molar-refractivity contribution in [2.45, 2.75) is 59.3 Å². The number of allylic oxidation sites excluding steroid dienone is 4. The second-order valence-electron chi connectivity index (χ2n) is 9.89. The molecule has 1 aliphatic heterocycles. The average molecular weight is 402 g/mol. The number of rotatable bonds is 1. The lowest BCUT2D eigenvalue weighted by Gasteiger charge is -2.40. The van der Waals surface area contributed by atoms with Crippen LogP contribution >= 0.6 is 0 Å². The van der Waals surface area contributed by atoms with Gasteiger partial charge in [-0.1, -0.05) is 33.8 Å². The number of aliphatic hydroxyl groups excluding tert-OH is 1. The van der Waals surface area contributed by atoms with Crippen molar-refractivity contribution in [3.63, 3.8) is 0 Å². The molecule has 4 rings (SSSR count). The third-order valence-electron chi connectivity index (χ3n) is 5.97. The van der Waals surface area contributed by atoms with Gasteiger partial charge in [-0.15, -0.1) is 0 Å². The lowest BCUT2D eigenvalue weighted by Crippen LogP contribution is -2.36. The van der Waals surface area contributed by atoms with Gasteiger partial charge in [-0.05, 0) is 16.9 Å². The van der Waals surface area contributed by atoms with E-state index in [1.165, 1.54) is 6.07 Å². The van der Waals surface area contributed by atoms with E-state index in [1.54, 1.807) is 0 Å². The van der Waals surface area contributed by atoms with Crippen LogP contribution in [0, 0.1) is 22.5 Å². The normalized spacial score (nSPS) is 25.5. The smallest absolute Gasteiger partial charge is 0.201 e. The zero-order chi connectivity index (χ0) is 21.3. The molecule has 1 heterocycles. The number of aliphatic hydroxyl groups is 1. The monoisotopic (exact) mass is 402 g/mol. The molecule has 4 nitrogen and oxygen atoms in total. The minimum Gasteiger partial charge on any atom is -0.512 e. The minimum absolute atomic E-state index is 0.0976. The van der Waals surface area contributed by atoms with E-state index in [0.717, 1.165) is 6.07 Å². The number of benzene rings is 1. The van der Waals surface area contributed by atoms with Gasteiger partial charge < -0.3 is 9.84 Å². The Hall–Kier alpha value is -2.50. The average Bonchev–Trinajstić information content (AvgIpc) is 2.55. The maximum absolute atomic E-state index is 14.6. The van der Waals surface area contributed by atoms with Gasteiger partial charge in [0.25, 0.3) is 0 Å². The van der Waals surface area contributed by atoms with E-state index in [2.05, 4.69) is 0 Å². The van der Waals surface area contributed by atoms with E-state index >= 15 is 0 Å². The molecule has 0 spiro atoms. The number of hydrogen-bond donors (Lipinski definition) is 1. The van der Waals surface area contributed by atoms with E-state index in [1.807, 2.05) is 27.7 Å². The highest BCUT2D eigenvalue weighted by atomic mass is 19.2. The molecule has 2 aliphatic carbocycles. The van der Waals surface area contributed by atoms with Gasteiger partial charge in [-0.3, -0.25) is 9.59 Å². The SMILES string of the molecule is CC1(C)CC(=O)C(C2C3=C(CC(C)(C)CC3=O)Oc3c2ccc(F)c3F)=C(O)C1. The first-order valence-corrected chi connectivity index (χ1v) is 9.77. The van der Waals surface area contributed by atoms with Crippen molar-refractivity contribution in [3.05, 3.63) is 52.0 Å². The topological polar surface area (TPSA) is 63.6 Å². The van der Waals surface area contributed by atoms with E-state index < -0.39 is 28.4 Å². The van der Waals surface area contributed by atoms with Crippen LogP contribution in [0.5, 0.6) is 5.75 Å². The molecule has 0 saturated carbocycles. The Labute approximate surface area is 168 Å². The van der Waals surface area contributed by atoms with Crippen molar-refractivity contribution in [2.24, 2.45) is 10.8 Å². The Morgan fingerprint density at radius 3 is 2.14 bits per heavy atom. The van der Waals surface area contributed by atoms with Crippen LogP contribution in [0.1, 0.15) is 64.9 Å². The maximum atomic E-state index is 14.6. The standard InChI is InChI=1S/C23H24F2O4/c1-22(2)7-13(26)18(14(27)8-22)17-11-5-6-12(24)20(25)21(11)29-16-10-23(3,4)9-15(28)19(16)17/h5-6,17,26H,7-10H2,1-4H3. The minimum atomic E-state index is -1.15. The fourth-order valence-corrected chi connectivity index (χ4v) is 4.78. The summed E-state index contributed by atoms with van der Waals surface area (Å²) in [4.78, 5) is 26.1. The van der Waals surface area contributed by atoms with Gasteiger partial charge in [0, 0.05) is 42.4 Å². The van der Waals surface area contributed by atoms with Crippen LogP contribution in [0.25, 0.3) is 0 Å². The van der Waals surface area contributed by atoms with Crippen molar-refractivity contribution >= 4 is 11.6 Å². The van der Waals surface area contributed by atoms with E-state index in [-0.39, 0.29) is 64.8 Å². The number of ether oxygens (including phenoxy) is 1. The molecule has 6 heteroatoms. The Morgan fingerprint density at radius 2 is 1.52 bits per heavy atom. The zero-order valence-electron chi connectivity index (χ0n) is 17.0. The Kier molecular flexibility index (Phi) is 4.27. The van der Waals surface area contributed by atoms with Gasteiger partial charge >= 0.3 is 0 Å². The molecule has 0 radical (unpaired) electrons. The molecule has 0 aromatic heterocycles. The Balaban J connectivity index is 1.98. The molecule has 0 amide bonds. The van der Waals surface area contributed by atoms with Crippen LogP contribution in [0.15, 0.2) is 34.8 Å². The van der Waals surface area contributed by atoms with Crippen molar-refractivity contribution < 1.29 is 28.2 Å². The first-order valence-electron chi connectivity index (χ1n) is 9.77. The second-order valence-corrected chi connectivity index (χ2v) is 9.89. The van der Waals surface area contributed by atoms with Crippen LogP contribution in [0.4, 0.5) is 8.78 Å². The molecule has 154 valence electrons. The summed E-state index contributed by atoms with van der Waals surface area (Å²) in [5, 5.41) is 10.8. The predicted octanol–water partition coefficient (Wildman–Crippen LogP) is 5.29. The molecule has 3 aliphatic rings. The van der Waals surface area contributed by atoms with Gasteiger partial charge in [0.2, 0.25) is 5.82 Å². The molecular weight excluding hydrogens is 378 g/mol. The summed E-state index contributed by atoms with van der Waals surface area (Å²) in [6, 6.07) is 2.30. The molecule has 0 saturated heterocycles. The first-order chi connectivity index (χ1) is 13.4. The fourth-order valence-electron chi connectivity index (χ4n) is 4.78. The van der Waals surface area contributed by atoms with Crippen molar-refractivity contribution in [2.75, 3.05) is 0 Å². The van der Waals surface area contributed by atoms with Gasteiger partial charge in [0.15, 0.2) is 23.1 Å². The highest BCUT2D eigenvalue weighted by Gasteiger charge is 2.47. The molecule has 1 aromatic carbocycles.